The maximum atomic E-state index is 13.1. The van der Waals surface area contributed by atoms with Gasteiger partial charge in [0, 0.05) is 25.7 Å². The number of fused-ring (bicyclic) bond motifs is 2. The molecular weight excluding hydrogens is 312 g/mol. The molecule has 0 aliphatic rings. The van der Waals surface area contributed by atoms with E-state index in [2.05, 4.69) is 37.8 Å². The maximum absolute atomic E-state index is 13.1. The summed E-state index contributed by atoms with van der Waals surface area (Å²) < 4.78 is 2.11. The molecular formula is C22H16OS. The molecule has 0 unspecified atom stereocenters. The second-order valence-electron chi connectivity index (χ2n) is 5.90. The Bertz CT molecular complexity index is 1140. The van der Waals surface area contributed by atoms with Crippen LogP contribution in [0.25, 0.3) is 37.4 Å². The lowest BCUT2D eigenvalue weighted by atomic mass is 10.00. The second kappa shape index (κ2) is 5.73. The molecule has 0 aliphatic heterocycles. The first-order chi connectivity index (χ1) is 11.7. The second-order valence-corrected chi connectivity index (χ2v) is 6.92. The van der Waals surface area contributed by atoms with Gasteiger partial charge >= 0.3 is 0 Å². The van der Waals surface area contributed by atoms with Gasteiger partial charge in [-0.15, -0.1) is 11.3 Å². The van der Waals surface area contributed by atoms with Gasteiger partial charge < -0.3 is 0 Å². The van der Waals surface area contributed by atoms with Crippen LogP contribution in [-0.4, -0.2) is 0 Å². The summed E-state index contributed by atoms with van der Waals surface area (Å²) in [6.45, 7) is 5.94. The molecule has 116 valence electrons. The number of aryl methyl sites for hydroxylation is 1. The van der Waals surface area contributed by atoms with Gasteiger partial charge in [-0.3, -0.25) is 4.79 Å². The minimum absolute atomic E-state index is 0.100. The van der Waals surface area contributed by atoms with E-state index in [4.69, 9.17) is 0 Å². The first-order valence-electron chi connectivity index (χ1n) is 7.87. The van der Waals surface area contributed by atoms with E-state index in [-0.39, 0.29) is 5.43 Å². The van der Waals surface area contributed by atoms with Crippen LogP contribution in [0.15, 0.2) is 72.0 Å². The Labute approximate surface area is 144 Å². The van der Waals surface area contributed by atoms with Crippen molar-refractivity contribution < 1.29 is 0 Å². The summed E-state index contributed by atoms with van der Waals surface area (Å²) in [5.41, 5.74) is 4.43. The molecule has 1 aromatic heterocycles. The Balaban J connectivity index is 2.23. The van der Waals surface area contributed by atoms with Crippen LogP contribution in [0.2, 0.25) is 0 Å². The fraction of sp³-hybridized carbons (Fsp3) is 0.0455. The Hall–Kier alpha value is -2.71. The van der Waals surface area contributed by atoms with Crippen molar-refractivity contribution in [2.24, 2.45) is 0 Å². The summed E-state index contributed by atoms with van der Waals surface area (Å²) in [4.78, 5) is 13.1. The van der Waals surface area contributed by atoms with Crippen molar-refractivity contribution in [1.29, 1.82) is 0 Å². The van der Waals surface area contributed by atoms with Gasteiger partial charge in [-0.2, -0.15) is 0 Å². The van der Waals surface area contributed by atoms with Gasteiger partial charge in [-0.1, -0.05) is 55.1 Å². The molecule has 0 radical (unpaired) electrons. The highest BCUT2D eigenvalue weighted by molar-refractivity contribution is 7.25. The molecule has 4 aromatic rings. The van der Waals surface area contributed by atoms with Gasteiger partial charge in [-0.25, -0.2) is 0 Å². The van der Waals surface area contributed by atoms with E-state index in [0.29, 0.717) is 0 Å². The lowest BCUT2D eigenvalue weighted by Gasteiger charge is -2.10. The normalized spacial score (nSPS) is 11.0. The topological polar surface area (TPSA) is 17.1 Å². The molecule has 1 heterocycles. The predicted octanol–water partition coefficient (Wildman–Crippen LogP) is 6.03. The molecule has 0 N–H and O–H groups in total. The van der Waals surface area contributed by atoms with Crippen LogP contribution in [0.4, 0.5) is 0 Å². The molecule has 0 fully saturated rings. The average Bonchev–Trinajstić information content (AvgIpc) is 2.63. The van der Waals surface area contributed by atoms with Crippen LogP contribution < -0.4 is 5.43 Å². The minimum Gasteiger partial charge on any atom is -0.289 e. The number of rotatable bonds is 2. The van der Waals surface area contributed by atoms with Crippen LogP contribution in [0.1, 0.15) is 11.1 Å². The SMILES string of the molecule is C=Cc1cc(-c2ccccc2)c2sc3c(C)cccc3c(=O)c2c1. The van der Waals surface area contributed by atoms with Gasteiger partial charge in [0.1, 0.15) is 0 Å². The Morgan fingerprint density at radius 1 is 0.917 bits per heavy atom. The van der Waals surface area contributed by atoms with E-state index in [1.54, 1.807) is 17.4 Å². The summed E-state index contributed by atoms with van der Waals surface area (Å²) in [6, 6.07) is 20.2. The van der Waals surface area contributed by atoms with Crippen LogP contribution in [0, 0.1) is 6.92 Å². The number of benzene rings is 3. The van der Waals surface area contributed by atoms with Crippen molar-refractivity contribution in [1.82, 2.24) is 0 Å². The Morgan fingerprint density at radius 2 is 1.71 bits per heavy atom. The third-order valence-corrected chi connectivity index (χ3v) is 5.73. The molecule has 0 amide bonds. The lowest BCUT2D eigenvalue weighted by Crippen LogP contribution is -2.02. The molecule has 0 saturated heterocycles. The van der Waals surface area contributed by atoms with Crippen LogP contribution in [0.5, 0.6) is 0 Å². The Kier molecular flexibility index (Phi) is 3.55. The van der Waals surface area contributed by atoms with E-state index in [0.717, 1.165) is 42.4 Å². The van der Waals surface area contributed by atoms with Gasteiger partial charge in [0.15, 0.2) is 5.43 Å². The molecule has 1 nitrogen and oxygen atoms in total. The maximum Gasteiger partial charge on any atom is 0.195 e. The molecule has 0 saturated carbocycles. The molecule has 24 heavy (non-hydrogen) atoms. The zero-order valence-corrected chi connectivity index (χ0v) is 14.2. The van der Waals surface area contributed by atoms with Gasteiger partial charge in [-0.05, 0) is 41.8 Å². The minimum atomic E-state index is 0.100. The van der Waals surface area contributed by atoms with Crippen LogP contribution >= 0.6 is 11.3 Å². The summed E-state index contributed by atoms with van der Waals surface area (Å²) in [6.07, 6.45) is 1.80. The van der Waals surface area contributed by atoms with Crippen molar-refractivity contribution in [2.75, 3.05) is 0 Å². The van der Waals surface area contributed by atoms with E-state index < -0.39 is 0 Å². The summed E-state index contributed by atoms with van der Waals surface area (Å²) in [5, 5.41) is 1.57. The predicted molar refractivity (Wildman–Crippen MR) is 106 cm³/mol. The fourth-order valence-electron chi connectivity index (χ4n) is 3.09. The van der Waals surface area contributed by atoms with E-state index in [9.17, 15) is 4.79 Å². The molecule has 3 aromatic carbocycles. The lowest BCUT2D eigenvalue weighted by molar-refractivity contribution is 1.55. The molecule has 4 rings (SSSR count). The van der Waals surface area contributed by atoms with Crippen molar-refractivity contribution in [3.8, 4) is 11.1 Å². The third-order valence-electron chi connectivity index (χ3n) is 4.34. The van der Waals surface area contributed by atoms with Crippen molar-refractivity contribution >= 4 is 37.6 Å². The van der Waals surface area contributed by atoms with E-state index >= 15 is 0 Å². The molecule has 2 heteroatoms. The highest BCUT2D eigenvalue weighted by atomic mass is 32.1. The molecule has 0 atom stereocenters. The van der Waals surface area contributed by atoms with Gasteiger partial charge in [0.25, 0.3) is 0 Å². The third kappa shape index (κ3) is 2.27. The highest BCUT2D eigenvalue weighted by Gasteiger charge is 2.13. The monoisotopic (exact) mass is 328 g/mol. The Morgan fingerprint density at radius 3 is 2.46 bits per heavy atom. The van der Waals surface area contributed by atoms with Gasteiger partial charge in [0.2, 0.25) is 0 Å². The molecule has 0 bridgehead atoms. The van der Waals surface area contributed by atoms with Crippen molar-refractivity contribution in [3.05, 3.63) is 88.6 Å². The van der Waals surface area contributed by atoms with E-state index in [1.165, 1.54) is 0 Å². The standard InChI is InChI=1S/C22H16OS/c1-3-15-12-18(16-9-5-4-6-10-16)22-19(13-15)20(23)17-11-7-8-14(2)21(17)24-22/h3-13H,1H2,2H3. The van der Waals surface area contributed by atoms with Gasteiger partial charge in [0.05, 0.1) is 0 Å². The number of hydrogen-bond donors (Lipinski definition) is 0. The summed E-state index contributed by atoms with van der Waals surface area (Å²) in [7, 11) is 0. The summed E-state index contributed by atoms with van der Waals surface area (Å²) >= 11 is 1.70. The molecule has 0 aliphatic carbocycles. The zero-order chi connectivity index (χ0) is 16.7. The number of hydrogen-bond acceptors (Lipinski definition) is 2. The van der Waals surface area contributed by atoms with Crippen LogP contribution in [-0.2, 0) is 0 Å². The summed E-state index contributed by atoms with van der Waals surface area (Å²) in [5.74, 6) is 0. The fourth-order valence-corrected chi connectivity index (χ4v) is 4.35. The van der Waals surface area contributed by atoms with Crippen LogP contribution in [0.3, 0.4) is 0 Å². The quantitative estimate of drug-likeness (QED) is 0.410. The highest BCUT2D eigenvalue weighted by Crippen LogP contribution is 2.35. The van der Waals surface area contributed by atoms with Crippen molar-refractivity contribution in [3.63, 3.8) is 0 Å². The molecule has 0 spiro atoms. The smallest absolute Gasteiger partial charge is 0.195 e. The van der Waals surface area contributed by atoms with E-state index in [1.807, 2.05) is 36.4 Å². The zero-order valence-electron chi connectivity index (χ0n) is 13.4. The largest absolute Gasteiger partial charge is 0.289 e. The average molecular weight is 328 g/mol. The first kappa shape index (κ1) is 14.9. The first-order valence-corrected chi connectivity index (χ1v) is 8.69. The van der Waals surface area contributed by atoms with Crippen molar-refractivity contribution in [2.45, 2.75) is 6.92 Å².